The minimum absolute atomic E-state index is 0.193. The van der Waals surface area contributed by atoms with Crippen LogP contribution in [0.15, 0.2) is 12.3 Å². The van der Waals surface area contributed by atoms with Gasteiger partial charge in [-0.2, -0.15) is 0 Å². The average molecular weight is 225 g/mol. The second kappa shape index (κ2) is 5.46. The molecule has 0 fully saturated rings. The Bertz CT molecular complexity index is 378. The van der Waals surface area contributed by atoms with Crippen molar-refractivity contribution >= 4 is 5.97 Å². The normalized spacial score (nSPS) is 12.0. The van der Waals surface area contributed by atoms with Gasteiger partial charge in [-0.15, -0.1) is 0 Å². The Kier molecular flexibility index (Phi) is 4.25. The number of carbonyl (C=O) groups is 1. The van der Waals surface area contributed by atoms with Gasteiger partial charge in [0.2, 0.25) is 5.88 Å². The van der Waals surface area contributed by atoms with E-state index in [4.69, 9.17) is 4.74 Å². The van der Waals surface area contributed by atoms with Gasteiger partial charge in [0.05, 0.1) is 20.3 Å². The zero-order chi connectivity index (χ0) is 12.1. The van der Waals surface area contributed by atoms with Crippen molar-refractivity contribution in [3.8, 4) is 5.88 Å². The van der Waals surface area contributed by atoms with Crippen molar-refractivity contribution in [3.05, 3.63) is 23.4 Å². The van der Waals surface area contributed by atoms with Crippen LogP contribution in [0.3, 0.4) is 0 Å². The molecule has 5 nitrogen and oxygen atoms in total. The highest BCUT2D eigenvalue weighted by Gasteiger charge is 2.17. The summed E-state index contributed by atoms with van der Waals surface area (Å²) < 4.78 is 9.55. The lowest BCUT2D eigenvalue weighted by atomic mass is 10.1. The Morgan fingerprint density at radius 1 is 1.56 bits per heavy atom. The SMILES string of the molecule is CCC(O)c1cnc(OC)c(C(=O)OC)c1. The molecular formula is C11H15NO4. The lowest BCUT2D eigenvalue weighted by molar-refractivity contribution is 0.0595. The zero-order valence-electron chi connectivity index (χ0n) is 9.56. The molecular weight excluding hydrogens is 210 g/mol. The van der Waals surface area contributed by atoms with E-state index in [-0.39, 0.29) is 11.4 Å². The first-order chi connectivity index (χ1) is 7.63. The summed E-state index contributed by atoms with van der Waals surface area (Å²) in [6.45, 7) is 1.84. The molecule has 88 valence electrons. The summed E-state index contributed by atoms with van der Waals surface area (Å²) in [5.74, 6) is -0.339. The van der Waals surface area contributed by atoms with Crippen LogP contribution in [0.1, 0.15) is 35.4 Å². The van der Waals surface area contributed by atoms with E-state index >= 15 is 0 Å². The Hall–Kier alpha value is -1.62. The van der Waals surface area contributed by atoms with Crippen LogP contribution in [0.5, 0.6) is 5.88 Å². The van der Waals surface area contributed by atoms with Crippen molar-refractivity contribution in [2.24, 2.45) is 0 Å². The monoisotopic (exact) mass is 225 g/mol. The minimum Gasteiger partial charge on any atom is -0.480 e. The molecule has 0 saturated heterocycles. The van der Waals surface area contributed by atoms with Crippen molar-refractivity contribution < 1.29 is 19.4 Å². The number of nitrogens with zero attached hydrogens (tertiary/aromatic N) is 1. The number of carbonyl (C=O) groups excluding carboxylic acids is 1. The van der Waals surface area contributed by atoms with E-state index < -0.39 is 12.1 Å². The number of pyridine rings is 1. The number of aliphatic hydroxyl groups excluding tert-OH is 1. The second-order valence-electron chi connectivity index (χ2n) is 3.24. The lowest BCUT2D eigenvalue weighted by Gasteiger charge is -2.11. The van der Waals surface area contributed by atoms with Crippen LogP contribution in [0.25, 0.3) is 0 Å². The highest BCUT2D eigenvalue weighted by atomic mass is 16.5. The average Bonchev–Trinajstić information content (AvgIpc) is 2.35. The number of aliphatic hydroxyl groups is 1. The molecule has 1 aromatic heterocycles. The number of hydrogen-bond acceptors (Lipinski definition) is 5. The van der Waals surface area contributed by atoms with Crippen LogP contribution in [-0.2, 0) is 4.74 Å². The maximum atomic E-state index is 11.4. The number of methoxy groups -OCH3 is 2. The van der Waals surface area contributed by atoms with Crippen LogP contribution in [0.4, 0.5) is 0 Å². The number of esters is 1. The molecule has 0 aliphatic heterocycles. The Balaban J connectivity index is 3.16. The molecule has 0 aliphatic carbocycles. The molecule has 0 amide bonds. The third-order valence-electron chi connectivity index (χ3n) is 2.24. The second-order valence-corrected chi connectivity index (χ2v) is 3.24. The molecule has 1 unspecified atom stereocenters. The molecule has 0 radical (unpaired) electrons. The molecule has 1 atom stereocenters. The summed E-state index contributed by atoms with van der Waals surface area (Å²) in [6, 6.07) is 1.53. The van der Waals surface area contributed by atoms with Gasteiger partial charge in [-0.1, -0.05) is 6.92 Å². The fourth-order valence-corrected chi connectivity index (χ4v) is 1.31. The van der Waals surface area contributed by atoms with Gasteiger partial charge in [0.1, 0.15) is 5.56 Å². The van der Waals surface area contributed by atoms with Crippen LogP contribution in [-0.4, -0.2) is 30.3 Å². The van der Waals surface area contributed by atoms with Crippen LogP contribution >= 0.6 is 0 Å². The van der Waals surface area contributed by atoms with Crippen LogP contribution < -0.4 is 4.74 Å². The third-order valence-corrected chi connectivity index (χ3v) is 2.24. The van der Waals surface area contributed by atoms with Crippen LogP contribution in [0.2, 0.25) is 0 Å². The first-order valence-electron chi connectivity index (χ1n) is 4.94. The smallest absolute Gasteiger partial charge is 0.343 e. The van der Waals surface area contributed by atoms with E-state index in [1.54, 1.807) is 0 Å². The Morgan fingerprint density at radius 3 is 2.75 bits per heavy atom. The fraction of sp³-hybridized carbons (Fsp3) is 0.455. The Morgan fingerprint density at radius 2 is 2.25 bits per heavy atom. The quantitative estimate of drug-likeness (QED) is 0.783. The molecule has 1 N–H and O–H groups in total. The molecule has 1 rings (SSSR count). The molecule has 0 saturated carbocycles. The zero-order valence-corrected chi connectivity index (χ0v) is 9.56. The lowest BCUT2D eigenvalue weighted by Crippen LogP contribution is -2.08. The van der Waals surface area contributed by atoms with Gasteiger partial charge in [-0.3, -0.25) is 0 Å². The molecule has 16 heavy (non-hydrogen) atoms. The van der Waals surface area contributed by atoms with E-state index in [1.165, 1.54) is 26.5 Å². The molecule has 1 heterocycles. The summed E-state index contributed by atoms with van der Waals surface area (Å²) in [5, 5.41) is 9.64. The van der Waals surface area contributed by atoms with Crippen LogP contribution in [0, 0.1) is 0 Å². The van der Waals surface area contributed by atoms with Crippen molar-refractivity contribution in [2.45, 2.75) is 19.4 Å². The summed E-state index contributed by atoms with van der Waals surface area (Å²) in [7, 11) is 2.70. The summed E-state index contributed by atoms with van der Waals surface area (Å²) in [5.41, 5.74) is 0.790. The number of rotatable bonds is 4. The largest absolute Gasteiger partial charge is 0.480 e. The van der Waals surface area contributed by atoms with Crippen molar-refractivity contribution in [1.29, 1.82) is 0 Å². The maximum absolute atomic E-state index is 11.4. The third kappa shape index (κ3) is 2.49. The molecule has 0 bridgehead atoms. The molecule has 0 aromatic carbocycles. The molecule has 5 heteroatoms. The van der Waals surface area contributed by atoms with Gasteiger partial charge < -0.3 is 14.6 Å². The maximum Gasteiger partial charge on any atom is 0.343 e. The first-order valence-corrected chi connectivity index (χ1v) is 4.94. The summed E-state index contributed by atoms with van der Waals surface area (Å²) in [4.78, 5) is 15.4. The highest BCUT2D eigenvalue weighted by molar-refractivity contribution is 5.91. The predicted molar refractivity (Wildman–Crippen MR) is 57.4 cm³/mol. The Labute approximate surface area is 94.0 Å². The van der Waals surface area contributed by atoms with Crippen molar-refractivity contribution in [3.63, 3.8) is 0 Å². The standard InChI is InChI=1S/C11H15NO4/c1-4-9(13)7-5-8(11(14)16-3)10(15-2)12-6-7/h5-6,9,13H,4H2,1-3H3. The van der Waals surface area contributed by atoms with E-state index in [0.717, 1.165) is 0 Å². The summed E-state index contributed by atoms with van der Waals surface area (Å²) >= 11 is 0. The van der Waals surface area contributed by atoms with E-state index in [0.29, 0.717) is 12.0 Å². The van der Waals surface area contributed by atoms with Gasteiger partial charge in [0.25, 0.3) is 0 Å². The molecule has 0 spiro atoms. The number of hydrogen-bond donors (Lipinski definition) is 1. The molecule has 1 aromatic rings. The fourth-order valence-electron chi connectivity index (χ4n) is 1.31. The predicted octanol–water partition coefficient (Wildman–Crippen LogP) is 1.32. The number of ether oxygens (including phenoxy) is 2. The topological polar surface area (TPSA) is 68.7 Å². The minimum atomic E-state index is -0.637. The first kappa shape index (κ1) is 12.4. The van der Waals surface area contributed by atoms with Crippen molar-refractivity contribution in [2.75, 3.05) is 14.2 Å². The van der Waals surface area contributed by atoms with Crippen molar-refractivity contribution in [1.82, 2.24) is 4.98 Å². The highest BCUT2D eigenvalue weighted by Crippen LogP contribution is 2.22. The van der Waals surface area contributed by atoms with Gasteiger partial charge in [0.15, 0.2) is 0 Å². The number of aromatic nitrogens is 1. The van der Waals surface area contributed by atoms with Gasteiger partial charge in [-0.25, -0.2) is 9.78 Å². The van der Waals surface area contributed by atoms with Gasteiger partial charge >= 0.3 is 5.97 Å². The van der Waals surface area contributed by atoms with E-state index in [9.17, 15) is 9.90 Å². The van der Waals surface area contributed by atoms with E-state index in [2.05, 4.69) is 9.72 Å². The van der Waals surface area contributed by atoms with Gasteiger partial charge in [0, 0.05) is 6.20 Å². The summed E-state index contributed by atoms with van der Waals surface area (Å²) in [6.07, 6.45) is 1.40. The van der Waals surface area contributed by atoms with Gasteiger partial charge in [-0.05, 0) is 18.1 Å². The molecule has 0 aliphatic rings. The van der Waals surface area contributed by atoms with E-state index in [1.807, 2.05) is 6.92 Å².